The second-order valence-electron chi connectivity index (χ2n) is 7.63. The molecule has 2 aromatic carbocycles. The van der Waals surface area contributed by atoms with E-state index in [0.29, 0.717) is 18.1 Å². The Morgan fingerprint density at radius 1 is 1.21 bits per heavy atom. The molecule has 0 aliphatic carbocycles. The van der Waals surface area contributed by atoms with Gasteiger partial charge in [0.1, 0.15) is 0 Å². The van der Waals surface area contributed by atoms with Crippen LogP contribution in [0.15, 0.2) is 48.5 Å². The lowest BCUT2D eigenvalue weighted by atomic mass is 9.94. The first-order chi connectivity index (χ1) is 15.9. The number of amides is 2. The molecule has 176 valence electrons. The van der Waals surface area contributed by atoms with Crippen molar-refractivity contribution in [1.29, 1.82) is 0 Å². The third-order valence-electron chi connectivity index (χ3n) is 5.18. The summed E-state index contributed by atoms with van der Waals surface area (Å²) in [6.45, 7) is 2.21. The van der Waals surface area contributed by atoms with E-state index in [-0.39, 0.29) is 13.0 Å². The van der Waals surface area contributed by atoms with E-state index in [1.165, 1.54) is 0 Å². The minimum Gasteiger partial charge on any atom is -0.481 e. The fraction of sp³-hybridized carbons (Fsp3) is 0.348. The van der Waals surface area contributed by atoms with Crippen molar-refractivity contribution in [3.8, 4) is 11.1 Å². The lowest BCUT2D eigenvalue weighted by Gasteiger charge is -2.23. The number of carboxylic acid groups (broad SMARTS) is 1. The Hall–Kier alpha value is -3.14. The van der Waals surface area contributed by atoms with Gasteiger partial charge in [-0.1, -0.05) is 48.0 Å². The molecule has 9 nitrogen and oxygen atoms in total. The minimum atomic E-state index is -1.06. The van der Waals surface area contributed by atoms with Gasteiger partial charge in [0.05, 0.1) is 12.5 Å². The second kappa shape index (κ2) is 11.6. The van der Waals surface area contributed by atoms with Crippen molar-refractivity contribution < 1.29 is 29.1 Å². The number of hydroxylamine groups is 1. The van der Waals surface area contributed by atoms with Crippen LogP contribution in [0.25, 0.3) is 11.1 Å². The number of carboxylic acids is 1. The maximum Gasteiger partial charge on any atom is 0.427 e. The Labute approximate surface area is 196 Å². The third-order valence-corrected chi connectivity index (χ3v) is 5.41. The van der Waals surface area contributed by atoms with Gasteiger partial charge in [-0.3, -0.25) is 14.9 Å². The maximum absolute atomic E-state index is 12.6. The summed E-state index contributed by atoms with van der Waals surface area (Å²) in [6.07, 6.45) is -1.28. The molecular formula is C23H26ClN3O6. The van der Waals surface area contributed by atoms with Gasteiger partial charge in [-0.2, -0.15) is 0 Å². The summed E-state index contributed by atoms with van der Waals surface area (Å²) >= 11 is 6.08. The number of carbonyl (C=O) groups excluding carboxylic acids is 2. The van der Waals surface area contributed by atoms with Crippen molar-refractivity contribution in [3.63, 3.8) is 0 Å². The average Bonchev–Trinajstić information content (AvgIpc) is 3.23. The van der Waals surface area contributed by atoms with Crippen molar-refractivity contribution in [2.45, 2.75) is 32.0 Å². The molecule has 0 radical (unpaired) electrons. The molecule has 10 heteroatoms. The summed E-state index contributed by atoms with van der Waals surface area (Å²) in [5.41, 5.74) is 5.16. The quantitative estimate of drug-likeness (QED) is 0.393. The van der Waals surface area contributed by atoms with E-state index < -0.39 is 36.1 Å². The van der Waals surface area contributed by atoms with E-state index in [1.54, 1.807) is 13.0 Å². The third kappa shape index (κ3) is 7.18. The largest absolute Gasteiger partial charge is 0.481 e. The summed E-state index contributed by atoms with van der Waals surface area (Å²) in [5, 5.41) is 15.4. The fourth-order valence-electron chi connectivity index (χ4n) is 3.52. The van der Waals surface area contributed by atoms with Gasteiger partial charge in [-0.15, -0.1) is 5.48 Å². The predicted molar refractivity (Wildman–Crippen MR) is 121 cm³/mol. The summed E-state index contributed by atoms with van der Waals surface area (Å²) in [7, 11) is 0. The molecule has 1 aliphatic heterocycles. The van der Waals surface area contributed by atoms with Crippen LogP contribution in [0, 0.1) is 5.92 Å². The molecule has 0 bridgehead atoms. The first kappa shape index (κ1) is 24.5. The normalized spacial score (nSPS) is 17.0. The zero-order valence-corrected chi connectivity index (χ0v) is 18.8. The van der Waals surface area contributed by atoms with Gasteiger partial charge in [-0.25, -0.2) is 4.79 Å². The Morgan fingerprint density at radius 3 is 2.58 bits per heavy atom. The molecule has 0 spiro atoms. The molecule has 2 aromatic rings. The summed E-state index contributed by atoms with van der Waals surface area (Å²) in [4.78, 5) is 40.0. The van der Waals surface area contributed by atoms with E-state index in [2.05, 4.69) is 21.0 Å². The number of benzene rings is 2. The first-order valence-corrected chi connectivity index (χ1v) is 10.9. The van der Waals surface area contributed by atoms with Gasteiger partial charge < -0.3 is 20.0 Å². The summed E-state index contributed by atoms with van der Waals surface area (Å²) in [5.74, 6) is -2.33. The second-order valence-corrected chi connectivity index (χ2v) is 8.07. The minimum absolute atomic E-state index is 0.0352. The Kier molecular flexibility index (Phi) is 8.65. The van der Waals surface area contributed by atoms with Gasteiger partial charge >= 0.3 is 12.1 Å². The molecule has 0 saturated carbocycles. The fourth-order valence-corrected chi connectivity index (χ4v) is 3.71. The number of ether oxygens (including phenoxy) is 1. The standard InChI is InChI=1S/C23H26ClN3O6/c1-2-32-13-17(22(29)30)12-19(25-21(28)20-26-23(31)33-27-20)10-14-6-8-15(9-7-14)16-4-3-5-18(24)11-16/h3-9,11,17,19-20,27H,2,10,12-13H2,1H3,(H,25,28)(H,26,31)(H,29,30)/t17-,19+,20?/m0/s1. The van der Waals surface area contributed by atoms with E-state index in [0.717, 1.165) is 16.7 Å². The van der Waals surface area contributed by atoms with E-state index in [1.807, 2.05) is 42.5 Å². The molecule has 2 amide bonds. The first-order valence-electron chi connectivity index (χ1n) is 10.5. The highest BCUT2D eigenvalue weighted by Gasteiger charge is 2.31. The van der Waals surface area contributed by atoms with Crippen molar-refractivity contribution in [2.24, 2.45) is 5.92 Å². The highest BCUT2D eigenvalue weighted by molar-refractivity contribution is 6.30. The number of hydrogen-bond acceptors (Lipinski definition) is 6. The van der Waals surface area contributed by atoms with Crippen LogP contribution in [0.4, 0.5) is 4.79 Å². The Bertz CT molecular complexity index is 984. The van der Waals surface area contributed by atoms with Gasteiger partial charge in [0, 0.05) is 17.7 Å². The monoisotopic (exact) mass is 475 g/mol. The van der Waals surface area contributed by atoms with Crippen molar-refractivity contribution in [3.05, 3.63) is 59.1 Å². The van der Waals surface area contributed by atoms with Gasteiger partial charge in [-0.05, 0) is 48.6 Å². The number of halogens is 1. The number of rotatable bonds is 11. The van der Waals surface area contributed by atoms with Crippen molar-refractivity contribution in [2.75, 3.05) is 13.2 Å². The molecule has 3 rings (SSSR count). The lowest BCUT2D eigenvalue weighted by molar-refractivity contribution is -0.144. The highest BCUT2D eigenvalue weighted by Crippen LogP contribution is 2.24. The average molecular weight is 476 g/mol. The van der Waals surface area contributed by atoms with E-state index in [4.69, 9.17) is 16.3 Å². The maximum atomic E-state index is 12.6. The molecule has 0 aromatic heterocycles. The van der Waals surface area contributed by atoms with Crippen LogP contribution in [0.3, 0.4) is 0 Å². The van der Waals surface area contributed by atoms with Gasteiger partial charge in [0.25, 0.3) is 5.91 Å². The molecule has 33 heavy (non-hydrogen) atoms. The van der Waals surface area contributed by atoms with Crippen LogP contribution in [0.1, 0.15) is 18.9 Å². The van der Waals surface area contributed by atoms with E-state index >= 15 is 0 Å². The zero-order chi connectivity index (χ0) is 23.8. The van der Waals surface area contributed by atoms with Crippen LogP contribution < -0.4 is 16.1 Å². The van der Waals surface area contributed by atoms with E-state index in [9.17, 15) is 19.5 Å². The van der Waals surface area contributed by atoms with Crippen LogP contribution in [0.2, 0.25) is 5.02 Å². The molecule has 3 atom stereocenters. The van der Waals surface area contributed by atoms with Crippen LogP contribution >= 0.6 is 11.6 Å². The Morgan fingerprint density at radius 2 is 1.97 bits per heavy atom. The molecule has 1 saturated heterocycles. The summed E-state index contributed by atoms with van der Waals surface area (Å²) < 4.78 is 5.31. The number of carbonyl (C=O) groups is 3. The van der Waals surface area contributed by atoms with Crippen molar-refractivity contribution >= 4 is 29.6 Å². The van der Waals surface area contributed by atoms with Crippen LogP contribution in [-0.2, 0) is 25.6 Å². The molecule has 1 unspecified atom stereocenters. The van der Waals surface area contributed by atoms with Crippen LogP contribution in [-0.4, -0.2) is 48.5 Å². The van der Waals surface area contributed by atoms with Gasteiger partial charge in [0.2, 0.25) is 0 Å². The number of hydrogen-bond donors (Lipinski definition) is 4. The molecule has 4 N–H and O–H groups in total. The smallest absolute Gasteiger partial charge is 0.427 e. The predicted octanol–water partition coefficient (Wildman–Crippen LogP) is 2.73. The zero-order valence-electron chi connectivity index (χ0n) is 18.0. The number of aliphatic carboxylic acids is 1. The Balaban J connectivity index is 1.73. The molecule has 1 aliphatic rings. The number of nitrogens with one attached hydrogen (secondary N) is 3. The SMILES string of the molecule is CCOC[C@H](C[C@@H](Cc1ccc(-c2cccc(Cl)c2)cc1)NC(=O)C1NOC(=O)N1)C(=O)O. The lowest BCUT2D eigenvalue weighted by Crippen LogP contribution is -2.51. The molecular weight excluding hydrogens is 450 g/mol. The topological polar surface area (TPSA) is 126 Å². The van der Waals surface area contributed by atoms with Crippen molar-refractivity contribution in [1.82, 2.24) is 16.1 Å². The van der Waals surface area contributed by atoms with Crippen LogP contribution in [0.5, 0.6) is 0 Å². The van der Waals surface area contributed by atoms with Gasteiger partial charge in [0.15, 0.2) is 6.17 Å². The highest BCUT2D eigenvalue weighted by atomic mass is 35.5. The molecule has 1 heterocycles. The molecule has 1 fully saturated rings. The summed E-state index contributed by atoms with van der Waals surface area (Å²) in [6, 6.07) is 14.7.